The van der Waals surface area contributed by atoms with Crippen molar-refractivity contribution in [1.82, 2.24) is 0 Å². The lowest BCUT2D eigenvalue weighted by molar-refractivity contribution is 0.803. The molecule has 0 amide bonds. The van der Waals surface area contributed by atoms with Crippen molar-refractivity contribution in [2.75, 3.05) is 11.9 Å². The smallest absolute Gasteiger partial charge is 0.0488 e. The Hall–Kier alpha value is -0.250. The summed E-state index contributed by atoms with van der Waals surface area (Å²) >= 11 is 9.22. The van der Waals surface area contributed by atoms with E-state index in [0.29, 0.717) is 6.54 Å². The molecule has 1 aromatic rings. The van der Waals surface area contributed by atoms with Gasteiger partial charge < -0.3 is 11.1 Å². The van der Waals surface area contributed by atoms with E-state index in [1.165, 1.54) is 0 Å². The van der Waals surface area contributed by atoms with E-state index in [1.807, 2.05) is 25.1 Å². The maximum Gasteiger partial charge on any atom is 0.0488 e. The number of benzene rings is 1. The van der Waals surface area contributed by atoms with Gasteiger partial charge in [0.15, 0.2) is 0 Å². The first-order chi connectivity index (χ1) is 6.13. The average Bonchev–Trinajstić information content (AvgIpc) is 2.09. The van der Waals surface area contributed by atoms with Gasteiger partial charge in [0.05, 0.1) is 0 Å². The molecule has 1 rings (SSSR count). The second kappa shape index (κ2) is 4.84. The van der Waals surface area contributed by atoms with E-state index in [1.54, 1.807) is 0 Å². The molecule has 0 spiro atoms. The van der Waals surface area contributed by atoms with E-state index < -0.39 is 0 Å². The molecule has 0 saturated heterocycles. The zero-order chi connectivity index (χ0) is 9.84. The van der Waals surface area contributed by atoms with E-state index in [-0.39, 0.29) is 6.04 Å². The standard InChI is InChI=1S/C9H12BrClN2/c1-6(5-12)13-9-3-2-7(11)4-8(9)10/h2-4,6,13H,5,12H2,1H3. The van der Waals surface area contributed by atoms with Crippen molar-refractivity contribution in [2.45, 2.75) is 13.0 Å². The zero-order valence-electron chi connectivity index (χ0n) is 7.35. The van der Waals surface area contributed by atoms with Crippen molar-refractivity contribution < 1.29 is 0 Å². The number of rotatable bonds is 3. The summed E-state index contributed by atoms with van der Waals surface area (Å²) < 4.78 is 0.959. The molecule has 13 heavy (non-hydrogen) atoms. The third-order valence-electron chi connectivity index (χ3n) is 1.69. The second-order valence-electron chi connectivity index (χ2n) is 2.91. The van der Waals surface area contributed by atoms with Gasteiger partial charge in [0.2, 0.25) is 0 Å². The lowest BCUT2D eigenvalue weighted by Crippen LogP contribution is -2.25. The summed E-state index contributed by atoms with van der Waals surface area (Å²) in [7, 11) is 0. The van der Waals surface area contributed by atoms with Crippen molar-refractivity contribution in [3.8, 4) is 0 Å². The number of nitrogens with two attached hydrogens (primary N) is 1. The monoisotopic (exact) mass is 262 g/mol. The summed E-state index contributed by atoms with van der Waals surface area (Å²) in [4.78, 5) is 0. The molecular formula is C9H12BrClN2. The molecule has 0 radical (unpaired) electrons. The van der Waals surface area contributed by atoms with Gasteiger partial charge in [0, 0.05) is 27.8 Å². The average molecular weight is 264 g/mol. The van der Waals surface area contributed by atoms with E-state index in [2.05, 4.69) is 21.2 Å². The fourth-order valence-electron chi connectivity index (χ4n) is 0.931. The Morgan fingerprint density at radius 2 is 2.31 bits per heavy atom. The molecule has 2 nitrogen and oxygen atoms in total. The van der Waals surface area contributed by atoms with E-state index in [0.717, 1.165) is 15.2 Å². The predicted molar refractivity (Wildman–Crippen MR) is 61.3 cm³/mol. The van der Waals surface area contributed by atoms with Crippen LogP contribution in [0.15, 0.2) is 22.7 Å². The van der Waals surface area contributed by atoms with Crippen LogP contribution in [0.5, 0.6) is 0 Å². The number of halogens is 2. The first-order valence-electron chi connectivity index (χ1n) is 4.05. The van der Waals surface area contributed by atoms with Gasteiger partial charge in [-0.3, -0.25) is 0 Å². The van der Waals surface area contributed by atoms with E-state index >= 15 is 0 Å². The van der Waals surface area contributed by atoms with Gasteiger partial charge in [-0.05, 0) is 41.1 Å². The highest BCUT2D eigenvalue weighted by atomic mass is 79.9. The number of anilines is 1. The normalized spacial score (nSPS) is 12.6. The highest BCUT2D eigenvalue weighted by Gasteiger charge is 2.03. The molecule has 0 saturated carbocycles. The summed E-state index contributed by atoms with van der Waals surface area (Å²) in [6.45, 7) is 2.64. The van der Waals surface area contributed by atoms with Gasteiger partial charge in [-0.25, -0.2) is 0 Å². The summed E-state index contributed by atoms with van der Waals surface area (Å²) in [5.41, 5.74) is 6.51. The van der Waals surface area contributed by atoms with Gasteiger partial charge in [-0.1, -0.05) is 11.6 Å². The summed E-state index contributed by atoms with van der Waals surface area (Å²) in [6, 6.07) is 5.89. The lowest BCUT2D eigenvalue weighted by atomic mass is 10.2. The lowest BCUT2D eigenvalue weighted by Gasteiger charge is -2.14. The molecule has 1 atom stereocenters. The molecule has 0 aliphatic rings. The Balaban J connectivity index is 2.77. The largest absolute Gasteiger partial charge is 0.380 e. The van der Waals surface area contributed by atoms with Crippen LogP contribution >= 0.6 is 27.5 Å². The third kappa shape index (κ3) is 3.18. The van der Waals surface area contributed by atoms with Gasteiger partial charge in [-0.15, -0.1) is 0 Å². The van der Waals surface area contributed by atoms with Crippen LogP contribution in [0.4, 0.5) is 5.69 Å². The molecule has 3 N–H and O–H groups in total. The summed E-state index contributed by atoms with van der Waals surface area (Å²) in [5.74, 6) is 0. The van der Waals surface area contributed by atoms with Crippen molar-refractivity contribution in [2.24, 2.45) is 5.73 Å². The molecule has 1 aromatic carbocycles. The minimum atomic E-state index is 0.262. The number of hydrogen-bond donors (Lipinski definition) is 2. The first-order valence-corrected chi connectivity index (χ1v) is 5.22. The van der Waals surface area contributed by atoms with Crippen molar-refractivity contribution in [3.63, 3.8) is 0 Å². The minimum Gasteiger partial charge on any atom is -0.380 e. The minimum absolute atomic E-state index is 0.262. The van der Waals surface area contributed by atoms with E-state index in [4.69, 9.17) is 17.3 Å². The van der Waals surface area contributed by atoms with Crippen LogP contribution in [-0.4, -0.2) is 12.6 Å². The van der Waals surface area contributed by atoms with E-state index in [9.17, 15) is 0 Å². The highest BCUT2D eigenvalue weighted by molar-refractivity contribution is 9.10. The maximum absolute atomic E-state index is 5.80. The van der Waals surface area contributed by atoms with Gasteiger partial charge in [0.25, 0.3) is 0 Å². The zero-order valence-corrected chi connectivity index (χ0v) is 9.69. The van der Waals surface area contributed by atoms with Crippen LogP contribution in [0.1, 0.15) is 6.92 Å². The maximum atomic E-state index is 5.80. The third-order valence-corrected chi connectivity index (χ3v) is 2.58. The van der Waals surface area contributed by atoms with Crippen molar-refractivity contribution in [3.05, 3.63) is 27.7 Å². The molecular weight excluding hydrogens is 251 g/mol. The molecule has 0 aromatic heterocycles. The van der Waals surface area contributed by atoms with Crippen LogP contribution in [0, 0.1) is 0 Å². The molecule has 0 aliphatic carbocycles. The SMILES string of the molecule is CC(CN)Nc1ccc(Cl)cc1Br. The van der Waals surface area contributed by atoms with Crippen LogP contribution in [0.25, 0.3) is 0 Å². The Labute approximate surface area is 91.6 Å². The quantitative estimate of drug-likeness (QED) is 0.880. The van der Waals surface area contributed by atoms with Crippen LogP contribution in [0.2, 0.25) is 5.02 Å². The molecule has 4 heteroatoms. The van der Waals surface area contributed by atoms with Crippen molar-refractivity contribution >= 4 is 33.2 Å². The topological polar surface area (TPSA) is 38.0 Å². The Kier molecular flexibility index (Phi) is 4.03. The summed E-state index contributed by atoms with van der Waals surface area (Å²) in [6.07, 6.45) is 0. The first kappa shape index (κ1) is 10.8. The second-order valence-corrected chi connectivity index (χ2v) is 4.20. The predicted octanol–water partition coefficient (Wildman–Crippen LogP) is 2.86. The molecule has 1 unspecified atom stereocenters. The molecule has 0 aliphatic heterocycles. The fourth-order valence-corrected chi connectivity index (χ4v) is 1.73. The number of nitrogens with one attached hydrogen (secondary N) is 1. The van der Waals surface area contributed by atoms with Gasteiger partial charge in [0.1, 0.15) is 0 Å². The molecule has 0 heterocycles. The fraction of sp³-hybridized carbons (Fsp3) is 0.333. The number of hydrogen-bond acceptors (Lipinski definition) is 2. The Morgan fingerprint density at radius 1 is 1.62 bits per heavy atom. The summed E-state index contributed by atoms with van der Waals surface area (Å²) in [5, 5.41) is 3.98. The van der Waals surface area contributed by atoms with Crippen LogP contribution < -0.4 is 11.1 Å². The molecule has 72 valence electrons. The Morgan fingerprint density at radius 3 is 2.85 bits per heavy atom. The van der Waals surface area contributed by atoms with Crippen LogP contribution in [-0.2, 0) is 0 Å². The van der Waals surface area contributed by atoms with Gasteiger partial charge in [-0.2, -0.15) is 0 Å². The molecule has 0 bridgehead atoms. The Bertz CT molecular complexity index is 291. The van der Waals surface area contributed by atoms with Crippen molar-refractivity contribution in [1.29, 1.82) is 0 Å². The van der Waals surface area contributed by atoms with Gasteiger partial charge >= 0.3 is 0 Å². The van der Waals surface area contributed by atoms with Crippen LogP contribution in [0.3, 0.4) is 0 Å². The highest BCUT2D eigenvalue weighted by Crippen LogP contribution is 2.26. The molecule has 0 fully saturated rings.